The Morgan fingerprint density at radius 2 is 0.577 bits per heavy atom. The summed E-state index contributed by atoms with van der Waals surface area (Å²) in [7, 11) is 0. The largest absolute Gasteiger partial charge is 0.369 e. The second kappa shape index (κ2) is 32.7. The number of fused-ring (bicyclic) bond motifs is 24. The van der Waals surface area contributed by atoms with Crippen LogP contribution >= 0.6 is 0 Å². The van der Waals surface area contributed by atoms with Gasteiger partial charge in [-0.2, -0.15) is 0 Å². The molecule has 10 heteroatoms. The van der Waals surface area contributed by atoms with E-state index in [0.29, 0.717) is 117 Å². The first-order valence-corrected chi connectivity index (χ1v) is 54.3. The summed E-state index contributed by atoms with van der Waals surface area (Å²) in [6, 6.07) is 2.27. The van der Waals surface area contributed by atoms with Gasteiger partial charge in [0.05, 0.1) is 46.8 Å². The van der Waals surface area contributed by atoms with Crippen molar-refractivity contribution >= 4 is 11.6 Å². The molecule has 4 N–H and O–H groups in total. The molecule has 41 atom stereocenters. The van der Waals surface area contributed by atoms with Crippen molar-refractivity contribution in [3.8, 4) is 0 Å². The van der Waals surface area contributed by atoms with Crippen molar-refractivity contribution in [2.24, 2.45) is 170 Å². The van der Waals surface area contributed by atoms with E-state index in [0.717, 1.165) is 177 Å². The van der Waals surface area contributed by atoms with E-state index in [9.17, 15) is 9.59 Å². The summed E-state index contributed by atoms with van der Waals surface area (Å²) < 4.78 is 28.1. The number of ketones is 2. The molecule has 8 heterocycles. The number of carbonyl (C=O) groups is 2. The summed E-state index contributed by atoms with van der Waals surface area (Å²) in [6.07, 6.45) is 54.9. The van der Waals surface area contributed by atoms with E-state index >= 15 is 0 Å². The predicted molar refractivity (Wildman–Crippen MR) is 498 cm³/mol. The molecule has 0 bridgehead atoms. The molecule has 24 aliphatic rings. The molecule has 0 aromatic carbocycles. The first-order valence-electron chi connectivity index (χ1n) is 54.3. The minimum atomic E-state index is 0.0572. The molecule has 0 amide bonds. The van der Waals surface area contributed by atoms with Crippen molar-refractivity contribution in [1.82, 2.24) is 21.3 Å². The molecule has 0 aromatic rings. The predicted octanol–water partition coefficient (Wildman–Crippen LogP) is 24.6. The van der Waals surface area contributed by atoms with Crippen LogP contribution in [0.15, 0.2) is 44.6 Å². The lowest BCUT2D eigenvalue weighted by Gasteiger charge is -2.54. The Kier molecular flexibility index (Phi) is 23.3. The highest BCUT2D eigenvalue weighted by Gasteiger charge is 2.66. The van der Waals surface area contributed by atoms with Crippen LogP contribution in [0, 0.1) is 170 Å². The van der Waals surface area contributed by atoms with Crippen LogP contribution in [-0.2, 0) is 28.5 Å². The lowest BCUT2D eigenvalue weighted by Crippen LogP contribution is -2.48. The van der Waals surface area contributed by atoms with Crippen LogP contribution in [0.5, 0.6) is 0 Å². The fourth-order valence-electron chi connectivity index (χ4n) is 39.1. The highest BCUT2D eigenvalue weighted by molar-refractivity contribution is 5.80. The van der Waals surface area contributed by atoms with Crippen LogP contribution in [0.1, 0.15) is 381 Å². The lowest BCUT2D eigenvalue weighted by atomic mass is 9.51. The van der Waals surface area contributed by atoms with Crippen molar-refractivity contribution in [3.05, 3.63) is 44.6 Å². The van der Waals surface area contributed by atoms with E-state index < -0.39 is 0 Å². The average molecular weight is 1690 g/mol. The minimum absolute atomic E-state index is 0.0572. The Bertz CT molecular complexity index is 3980. The summed E-state index contributed by atoms with van der Waals surface area (Å²) in [5.74, 6) is 21.3. The Balaban J connectivity index is 0.000000101. The number of hydrogen-bond acceptors (Lipinski definition) is 10. The van der Waals surface area contributed by atoms with Crippen molar-refractivity contribution in [3.63, 3.8) is 0 Å². The molecule has 686 valence electrons. The molecule has 16 aliphatic carbocycles. The van der Waals surface area contributed by atoms with Crippen molar-refractivity contribution < 1.29 is 28.5 Å². The zero-order chi connectivity index (χ0) is 85.3. The third-order valence-corrected chi connectivity index (χ3v) is 46.3. The van der Waals surface area contributed by atoms with Gasteiger partial charge in [-0.3, -0.25) is 9.59 Å². The lowest BCUT2D eigenvalue weighted by molar-refractivity contribution is -0.130. The Labute approximate surface area is 749 Å². The standard InChI is InChI=1S/C29H47NO.2C28H43NO2.C28H45NO/c1-17-8-10-28(5)21(12-17)6-7-23-22-9-11-29(15-19(3)24(22)14-25(23)28)20(4)27-26(31-29)13-18(2)16-30-27;2*1-16-11-25-26(29-15-16)18(3)28(31-25)10-8-21-22-6-5-19-12-20(30)7-9-27(19,4)24(22)13-23(21)17(2)14-28;1-17-13-25-26(29-16-17)19(3)28(30-25)12-10-21-22-9-8-20-7-5-6-11-27(20,4)24(22)14-23(21)18(2)15-28/h17-18,20-23,25-27,30H,6-16H2,1-5H3;2*16,18-19,21-22,24-26,29H,5-15H2,1-4H3;17,19-22,24-26,29H,5-16H2,1-4H3/t17-,18+,20-,21-,22+,23+,25+,26-,27+,28+,29+;2*16-,18+,19+,21-,22-,24-,25+,26-,27-,28-;17-,19+,20-,21-,22-,24-,25+,26-,27-,28-/m1000/s1. The number of carbonyl (C=O) groups excluding carboxylic acids is 2. The van der Waals surface area contributed by atoms with Gasteiger partial charge in [0, 0.05) is 73.5 Å². The number of allylic oxidation sites excluding steroid dienone is 4. The molecule has 12 saturated carbocycles. The van der Waals surface area contributed by atoms with E-state index in [1.165, 1.54) is 225 Å². The number of rotatable bonds is 0. The Morgan fingerprint density at radius 1 is 0.285 bits per heavy atom. The van der Waals surface area contributed by atoms with Crippen LogP contribution in [0.3, 0.4) is 0 Å². The normalized spacial score (nSPS) is 55.2. The van der Waals surface area contributed by atoms with Crippen LogP contribution in [0.2, 0.25) is 0 Å². The van der Waals surface area contributed by atoms with Gasteiger partial charge in [0.15, 0.2) is 0 Å². The van der Waals surface area contributed by atoms with Gasteiger partial charge in [-0.1, -0.05) is 154 Å². The van der Waals surface area contributed by atoms with Gasteiger partial charge in [-0.15, -0.1) is 0 Å². The average Bonchev–Trinajstić information content (AvgIpc) is 1.66. The van der Waals surface area contributed by atoms with Gasteiger partial charge in [0.25, 0.3) is 0 Å². The number of nitrogens with one attached hydrogen (secondary N) is 4. The highest BCUT2D eigenvalue weighted by atomic mass is 16.5. The van der Waals surface area contributed by atoms with E-state index in [1.54, 1.807) is 22.3 Å². The van der Waals surface area contributed by atoms with Crippen LogP contribution in [0.4, 0.5) is 0 Å². The fourth-order valence-corrected chi connectivity index (χ4v) is 39.1. The summed E-state index contributed by atoms with van der Waals surface area (Å²) >= 11 is 0. The van der Waals surface area contributed by atoms with Crippen molar-refractivity contribution in [2.75, 3.05) is 26.2 Å². The van der Waals surface area contributed by atoms with Gasteiger partial charge < -0.3 is 40.2 Å². The minimum Gasteiger partial charge on any atom is -0.369 e. The van der Waals surface area contributed by atoms with E-state index in [4.69, 9.17) is 18.9 Å². The Morgan fingerprint density at radius 3 is 0.902 bits per heavy atom. The van der Waals surface area contributed by atoms with Crippen molar-refractivity contribution in [1.29, 1.82) is 0 Å². The maximum Gasteiger partial charge on any atom is 0.133 e. The third-order valence-electron chi connectivity index (χ3n) is 46.3. The zero-order valence-electron chi connectivity index (χ0n) is 81.3. The second-order valence-corrected chi connectivity index (χ2v) is 52.3. The first kappa shape index (κ1) is 87.6. The molecule has 8 saturated heterocycles. The third kappa shape index (κ3) is 14.4. The Hall–Kier alpha value is -2.02. The fraction of sp³-hybridized carbons (Fsp3) is 0.912. The monoisotopic (exact) mass is 1690 g/mol. The SMILES string of the molecule is CC1=C2C[C@H]3[C@@H](CC[C@@H]4CC(=O)CC[C@@]43C)[C@@H]2CC[C@@]2(C1)O[C@@H]1C[C@H](C)CN[C@H]1[C@H]2C.CC1=C2C[C@H]3[C@@H](CC[C@@H]4CC(=O)CC[C@@]43C)[C@@H]2CC[C@@]2(C1)O[C@@H]1C[C@H](C)CN[C@H]1[C@H]2C.CC1=C2C[C@H]3[C@@H](CC[C@@H]4CCCC[C@@]43C)[C@@H]2CC[C@@]2(C1)O[C@@H]1C[C@H](C)CN[C@H]1[C@H]2C.CC1=C2C[C@H]3[C@@H](CC[C@@H]4C[C@H](C)CC[C@@]43C)[C@@H]2CC[C@@]2(C1)O[C@@H]1C[C@H](C)CN[C@H]1[C@H]2C. The maximum absolute atomic E-state index is 12.2. The molecule has 0 aromatic heterocycles. The number of hydrogen-bond donors (Lipinski definition) is 4. The summed E-state index contributed by atoms with van der Waals surface area (Å²) in [5.41, 5.74) is 16.6. The van der Waals surface area contributed by atoms with Gasteiger partial charge >= 0.3 is 0 Å². The summed E-state index contributed by atoms with van der Waals surface area (Å²) in [4.78, 5) is 24.3. The number of ether oxygens (including phenoxy) is 4. The molecule has 24 rings (SSSR count). The molecule has 123 heavy (non-hydrogen) atoms. The molecular weight excluding hydrogens is 1510 g/mol. The molecule has 0 radical (unpaired) electrons. The second-order valence-electron chi connectivity index (χ2n) is 52.3. The maximum atomic E-state index is 12.2. The molecule has 0 unspecified atom stereocenters. The van der Waals surface area contributed by atoms with Gasteiger partial charge in [0.2, 0.25) is 0 Å². The molecule has 20 fully saturated rings. The quantitative estimate of drug-likeness (QED) is 0.175. The van der Waals surface area contributed by atoms with Gasteiger partial charge in [0.1, 0.15) is 11.6 Å². The van der Waals surface area contributed by atoms with E-state index in [2.05, 4.69) is 139 Å². The first-order chi connectivity index (χ1) is 58.8. The zero-order valence-corrected chi connectivity index (χ0v) is 81.3. The molecule has 4 spiro atoms. The van der Waals surface area contributed by atoms with Crippen LogP contribution < -0.4 is 21.3 Å². The summed E-state index contributed by atoms with van der Waals surface area (Å²) in [5, 5.41) is 15.5. The smallest absolute Gasteiger partial charge is 0.133 e. The number of piperidine rings is 4. The molecule has 8 aliphatic heterocycles. The number of Topliss-reactive ketones (excluding diaryl/α,β-unsaturated/α-hetero) is 2. The van der Waals surface area contributed by atoms with Gasteiger partial charge in [-0.05, 0) is 418 Å². The van der Waals surface area contributed by atoms with Crippen molar-refractivity contribution in [2.45, 2.75) is 452 Å². The topological polar surface area (TPSA) is 119 Å². The van der Waals surface area contributed by atoms with E-state index in [-0.39, 0.29) is 22.4 Å². The van der Waals surface area contributed by atoms with Gasteiger partial charge in [-0.25, -0.2) is 0 Å². The highest BCUT2D eigenvalue weighted by Crippen LogP contribution is 2.72. The molecular formula is C113H178N4O6. The van der Waals surface area contributed by atoms with Crippen LogP contribution in [-0.4, -0.2) is 109 Å². The summed E-state index contributed by atoms with van der Waals surface area (Å²) in [6.45, 7) is 47.1. The molecule has 10 nitrogen and oxygen atoms in total. The van der Waals surface area contributed by atoms with Crippen LogP contribution in [0.25, 0.3) is 0 Å². The van der Waals surface area contributed by atoms with E-state index in [1.807, 2.05) is 22.3 Å².